The van der Waals surface area contributed by atoms with Crippen LogP contribution in [-0.4, -0.2) is 27.2 Å². The Morgan fingerprint density at radius 1 is 1.19 bits per heavy atom. The molecule has 3 rings (SSSR count). The van der Waals surface area contributed by atoms with E-state index in [0.29, 0.717) is 35.0 Å². The first kappa shape index (κ1) is 25.1. The maximum Gasteiger partial charge on any atom is 0.163 e. The van der Waals surface area contributed by atoms with Crippen molar-refractivity contribution in [3.63, 3.8) is 0 Å². The van der Waals surface area contributed by atoms with Crippen molar-refractivity contribution in [1.82, 2.24) is 15.0 Å². The average molecular weight is 456 g/mol. The zero-order valence-corrected chi connectivity index (χ0v) is 19.9. The number of rotatable bonds is 8. The van der Waals surface area contributed by atoms with Crippen LogP contribution in [0.3, 0.4) is 0 Å². The highest BCUT2D eigenvalue weighted by atomic mass is 32.2. The third kappa shape index (κ3) is 6.40. The van der Waals surface area contributed by atoms with E-state index in [2.05, 4.69) is 25.0 Å². The number of aryl methyl sites for hydroxylation is 1. The van der Waals surface area contributed by atoms with E-state index < -0.39 is 5.82 Å². The third-order valence-corrected chi connectivity index (χ3v) is 4.99. The summed E-state index contributed by atoms with van der Waals surface area (Å²) < 4.78 is 17.7. The smallest absolute Gasteiger partial charge is 0.163 e. The van der Waals surface area contributed by atoms with Gasteiger partial charge in [0.2, 0.25) is 0 Å². The molecule has 0 aliphatic rings. The van der Waals surface area contributed by atoms with E-state index in [0.717, 1.165) is 17.0 Å². The van der Waals surface area contributed by atoms with Crippen LogP contribution in [0.5, 0.6) is 0 Å². The molecule has 7 nitrogen and oxygen atoms in total. The van der Waals surface area contributed by atoms with Crippen molar-refractivity contribution in [3.05, 3.63) is 53.5 Å². The molecular weight excluding hydrogens is 425 g/mol. The van der Waals surface area contributed by atoms with Crippen LogP contribution < -0.4 is 15.8 Å². The third-order valence-electron chi connectivity index (χ3n) is 4.24. The topological polar surface area (TPSA) is 113 Å². The van der Waals surface area contributed by atoms with Crippen molar-refractivity contribution >= 4 is 35.0 Å². The van der Waals surface area contributed by atoms with Crippen molar-refractivity contribution in [2.24, 2.45) is 0 Å². The van der Waals surface area contributed by atoms with Crippen LogP contribution >= 0.6 is 11.9 Å². The van der Waals surface area contributed by atoms with Gasteiger partial charge in [-0.1, -0.05) is 20.8 Å². The van der Waals surface area contributed by atoms with Crippen LogP contribution in [0.1, 0.15) is 45.2 Å². The van der Waals surface area contributed by atoms with Gasteiger partial charge in [0.15, 0.2) is 5.82 Å². The highest BCUT2D eigenvalue weighted by Crippen LogP contribution is 2.29. The molecule has 0 aliphatic heterocycles. The number of aromatic nitrogens is 3. The van der Waals surface area contributed by atoms with Gasteiger partial charge in [0.1, 0.15) is 22.5 Å². The van der Waals surface area contributed by atoms with Gasteiger partial charge < -0.3 is 21.2 Å². The molecular formula is C23H30FN7S. The standard InChI is InChI=1S/C21H24FN7S.C2H6/c1-4-8-26-21-18(13(3)23)19(24)27-20(28-21)14-5-6-16(15(22)11-14)29-30-17-10-12(2)7-9-25-17;1-2/h5-7,9-11,23,29H,4,8H2,1-3H3,(H3,24,26,27,28);1-2H3. The Morgan fingerprint density at radius 2 is 1.94 bits per heavy atom. The van der Waals surface area contributed by atoms with E-state index in [4.69, 9.17) is 11.1 Å². The molecule has 2 heterocycles. The lowest BCUT2D eigenvalue weighted by Gasteiger charge is -2.14. The van der Waals surface area contributed by atoms with Crippen LogP contribution in [0.25, 0.3) is 11.4 Å². The van der Waals surface area contributed by atoms with E-state index in [1.54, 1.807) is 25.3 Å². The number of pyridine rings is 1. The normalized spacial score (nSPS) is 10.2. The lowest BCUT2D eigenvalue weighted by atomic mass is 10.1. The molecule has 0 bridgehead atoms. The van der Waals surface area contributed by atoms with Crippen LogP contribution in [0.2, 0.25) is 0 Å². The molecule has 0 saturated heterocycles. The van der Waals surface area contributed by atoms with Gasteiger partial charge in [-0.05, 0) is 56.2 Å². The average Bonchev–Trinajstić information content (AvgIpc) is 2.77. The molecule has 0 spiro atoms. The zero-order valence-electron chi connectivity index (χ0n) is 19.1. The molecule has 32 heavy (non-hydrogen) atoms. The predicted octanol–water partition coefficient (Wildman–Crippen LogP) is 5.92. The second kappa shape index (κ2) is 12.0. The van der Waals surface area contributed by atoms with Crippen molar-refractivity contribution < 1.29 is 4.39 Å². The number of benzene rings is 1. The molecule has 0 aliphatic carbocycles. The summed E-state index contributed by atoms with van der Waals surface area (Å²) in [5.74, 6) is 0.532. The van der Waals surface area contributed by atoms with E-state index in [1.165, 1.54) is 18.0 Å². The minimum absolute atomic E-state index is 0.190. The predicted molar refractivity (Wildman–Crippen MR) is 133 cm³/mol. The molecule has 0 fully saturated rings. The number of hydrogen-bond acceptors (Lipinski definition) is 8. The second-order valence-electron chi connectivity index (χ2n) is 6.78. The Morgan fingerprint density at radius 3 is 2.56 bits per heavy atom. The molecule has 0 amide bonds. The van der Waals surface area contributed by atoms with Gasteiger partial charge in [0.05, 0.1) is 11.3 Å². The quantitative estimate of drug-likeness (QED) is 0.246. The van der Waals surface area contributed by atoms with Crippen molar-refractivity contribution in [2.45, 2.75) is 46.1 Å². The Bertz CT molecular complexity index is 1070. The maximum atomic E-state index is 14.7. The number of anilines is 3. The summed E-state index contributed by atoms with van der Waals surface area (Å²) in [4.78, 5) is 13.0. The number of nitrogens with one attached hydrogen (secondary N) is 3. The molecule has 0 radical (unpaired) electrons. The molecule has 0 unspecified atom stereocenters. The van der Waals surface area contributed by atoms with Gasteiger partial charge in [-0.2, -0.15) is 0 Å². The van der Waals surface area contributed by atoms with Crippen molar-refractivity contribution in [3.8, 4) is 11.4 Å². The maximum absolute atomic E-state index is 14.7. The summed E-state index contributed by atoms with van der Waals surface area (Å²) >= 11 is 1.24. The number of nitrogens with zero attached hydrogens (tertiary/aromatic N) is 3. The van der Waals surface area contributed by atoms with Gasteiger partial charge >= 0.3 is 0 Å². The van der Waals surface area contributed by atoms with E-state index in [-0.39, 0.29) is 11.5 Å². The first-order valence-electron chi connectivity index (χ1n) is 10.5. The van der Waals surface area contributed by atoms with Crippen molar-refractivity contribution in [2.75, 3.05) is 22.3 Å². The fourth-order valence-corrected chi connectivity index (χ4v) is 3.50. The highest BCUT2D eigenvalue weighted by molar-refractivity contribution is 8.00. The molecule has 170 valence electrons. The fourth-order valence-electron chi connectivity index (χ4n) is 2.76. The van der Waals surface area contributed by atoms with Crippen LogP contribution in [-0.2, 0) is 0 Å². The summed E-state index contributed by atoms with van der Waals surface area (Å²) in [7, 11) is 0. The first-order valence-corrected chi connectivity index (χ1v) is 11.3. The summed E-state index contributed by atoms with van der Waals surface area (Å²) in [5.41, 5.74) is 8.72. The van der Waals surface area contributed by atoms with Gasteiger partial charge in [0.25, 0.3) is 0 Å². The Kier molecular flexibility index (Phi) is 9.39. The van der Waals surface area contributed by atoms with Crippen LogP contribution in [0, 0.1) is 18.2 Å². The molecule has 0 atom stereocenters. The summed E-state index contributed by atoms with van der Waals surface area (Å²) in [6.07, 6.45) is 2.60. The van der Waals surface area contributed by atoms with Gasteiger partial charge in [0, 0.05) is 36.0 Å². The Hall–Kier alpha value is -3.20. The van der Waals surface area contributed by atoms with Crippen molar-refractivity contribution in [1.29, 1.82) is 5.41 Å². The van der Waals surface area contributed by atoms with E-state index in [1.807, 2.05) is 39.8 Å². The van der Waals surface area contributed by atoms with E-state index in [9.17, 15) is 4.39 Å². The Labute approximate surface area is 193 Å². The van der Waals surface area contributed by atoms with Crippen LogP contribution in [0.4, 0.5) is 21.7 Å². The SMILES string of the molecule is CC.CCCNc1nc(-c2ccc(NSc3cc(C)ccn3)c(F)c2)nc(N)c1C(C)=N. The minimum Gasteiger partial charge on any atom is -0.383 e. The molecule has 0 saturated carbocycles. The summed E-state index contributed by atoms with van der Waals surface area (Å²) in [6, 6.07) is 8.53. The van der Waals surface area contributed by atoms with Gasteiger partial charge in [-0.15, -0.1) is 0 Å². The molecule has 1 aromatic carbocycles. The van der Waals surface area contributed by atoms with E-state index >= 15 is 0 Å². The molecule has 2 aromatic heterocycles. The highest BCUT2D eigenvalue weighted by Gasteiger charge is 2.16. The summed E-state index contributed by atoms with van der Waals surface area (Å²) in [5, 5.41) is 11.9. The minimum atomic E-state index is -0.440. The van der Waals surface area contributed by atoms with Gasteiger partial charge in [-0.3, -0.25) is 0 Å². The van der Waals surface area contributed by atoms with Crippen LogP contribution in [0.15, 0.2) is 41.6 Å². The lowest BCUT2D eigenvalue weighted by molar-refractivity contribution is 0.633. The molecule has 3 aromatic rings. The lowest BCUT2D eigenvalue weighted by Crippen LogP contribution is -2.13. The molecule has 9 heteroatoms. The number of hydrogen-bond donors (Lipinski definition) is 4. The number of nitrogen functional groups attached to an aromatic ring is 1. The van der Waals surface area contributed by atoms with Gasteiger partial charge in [-0.25, -0.2) is 19.3 Å². The Balaban J connectivity index is 0.00000176. The first-order chi connectivity index (χ1) is 15.4. The zero-order chi connectivity index (χ0) is 23.7. The molecule has 5 N–H and O–H groups in total. The number of nitrogens with two attached hydrogens (primary N) is 1. The summed E-state index contributed by atoms with van der Waals surface area (Å²) in [6.45, 7) is 10.3. The largest absolute Gasteiger partial charge is 0.383 e. The second-order valence-corrected chi connectivity index (χ2v) is 7.60. The monoisotopic (exact) mass is 455 g/mol. The number of halogens is 1. The fraction of sp³-hybridized carbons (Fsp3) is 0.304.